The van der Waals surface area contributed by atoms with Crippen LogP contribution in [0.25, 0.3) is 89.3 Å². The Hall–Kier alpha value is -7.30. The summed E-state index contributed by atoms with van der Waals surface area (Å²) in [5.41, 5.74) is 14.9. The van der Waals surface area contributed by atoms with Gasteiger partial charge >= 0.3 is 0 Å². The van der Waals surface area contributed by atoms with Crippen molar-refractivity contribution >= 4 is 21.8 Å². The van der Waals surface area contributed by atoms with Gasteiger partial charge in [0, 0.05) is 27.6 Å². The summed E-state index contributed by atoms with van der Waals surface area (Å²) in [4.78, 5) is 5.09. The molecule has 8 aromatic carbocycles. The fourth-order valence-electron chi connectivity index (χ4n) is 8.22. The first-order valence-corrected chi connectivity index (χ1v) is 19.9. The molecule has 4 nitrogen and oxygen atoms in total. The van der Waals surface area contributed by atoms with E-state index in [1.807, 2.05) is 22.9 Å². The van der Waals surface area contributed by atoms with Gasteiger partial charge in [-0.1, -0.05) is 185 Å². The summed E-state index contributed by atoms with van der Waals surface area (Å²) >= 11 is 0. The second kappa shape index (κ2) is 14.3. The van der Waals surface area contributed by atoms with Gasteiger partial charge in [-0.3, -0.25) is 0 Å². The molecule has 10 aromatic rings. The van der Waals surface area contributed by atoms with Crippen molar-refractivity contribution in [3.63, 3.8) is 0 Å². The minimum atomic E-state index is 0.0626. The lowest BCUT2D eigenvalue weighted by Gasteiger charge is -2.19. The van der Waals surface area contributed by atoms with Crippen molar-refractivity contribution in [1.29, 1.82) is 0 Å². The van der Waals surface area contributed by atoms with Crippen molar-refractivity contribution in [1.82, 2.24) is 19.3 Å². The molecule has 278 valence electrons. The van der Waals surface area contributed by atoms with Crippen molar-refractivity contribution in [2.45, 2.75) is 26.2 Å². The van der Waals surface area contributed by atoms with E-state index in [2.05, 4.69) is 207 Å². The van der Waals surface area contributed by atoms with Crippen LogP contribution in [0.15, 0.2) is 200 Å². The van der Waals surface area contributed by atoms with Crippen LogP contribution in [0.3, 0.4) is 0 Å². The average Bonchev–Trinajstić information content (AvgIpc) is 3.87. The molecule has 0 fully saturated rings. The zero-order chi connectivity index (χ0) is 39.2. The summed E-state index contributed by atoms with van der Waals surface area (Å²) in [5, 5.41) is 7.60. The molecule has 0 aliphatic rings. The van der Waals surface area contributed by atoms with Crippen molar-refractivity contribution in [2.24, 2.45) is 0 Å². The largest absolute Gasteiger partial charge is 0.309 e. The molecule has 0 radical (unpaired) electrons. The van der Waals surface area contributed by atoms with Crippen molar-refractivity contribution < 1.29 is 0 Å². The number of hydrogen-bond acceptors (Lipinski definition) is 2. The maximum atomic E-state index is 5.09. The van der Waals surface area contributed by atoms with Crippen LogP contribution in [-0.2, 0) is 5.41 Å². The maximum Gasteiger partial charge on any atom is 0.182 e. The molecule has 2 heterocycles. The Balaban J connectivity index is 1.01. The van der Waals surface area contributed by atoms with E-state index in [1.54, 1.807) is 0 Å². The van der Waals surface area contributed by atoms with Gasteiger partial charge in [0.05, 0.1) is 16.7 Å². The lowest BCUT2D eigenvalue weighted by molar-refractivity contribution is 0.590. The van der Waals surface area contributed by atoms with E-state index in [4.69, 9.17) is 10.1 Å². The molecule has 0 aliphatic heterocycles. The van der Waals surface area contributed by atoms with Crippen LogP contribution >= 0.6 is 0 Å². The smallest absolute Gasteiger partial charge is 0.182 e. The van der Waals surface area contributed by atoms with Gasteiger partial charge in [-0.05, 0) is 80.8 Å². The van der Waals surface area contributed by atoms with Gasteiger partial charge in [0.15, 0.2) is 11.6 Å². The third kappa shape index (κ3) is 6.29. The van der Waals surface area contributed by atoms with E-state index < -0.39 is 0 Å². The molecule has 10 rings (SSSR count). The van der Waals surface area contributed by atoms with E-state index in [1.165, 1.54) is 55.2 Å². The zero-order valence-electron chi connectivity index (χ0n) is 32.8. The normalized spacial score (nSPS) is 11.7. The third-order valence-corrected chi connectivity index (χ3v) is 11.2. The summed E-state index contributed by atoms with van der Waals surface area (Å²) in [7, 11) is 0. The number of hydrogen-bond donors (Lipinski definition) is 0. The Morgan fingerprint density at radius 3 is 1.36 bits per heavy atom. The molecule has 58 heavy (non-hydrogen) atoms. The van der Waals surface area contributed by atoms with Gasteiger partial charge in [-0.2, -0.15) is 0 Å². The quantitative estimate of drug-likeness (QED) is 0.163. The van der Waals surface area contributed by atoms with Crippen LogP contribution in [0.5, 0.6) is 0 Å². The number of rotatable bonds is 7. The molecule has 0 aliphatic carbocycles. The van der Waals surface area contributed by atoms with E-state index >= 15 is 0 Å². The van der Waals surface area contributed by atoms with Crippen LogP contribution in [0, 0.1) is 0 Å². The number of benzene rings is 8. The minimum absolute atomic E-state index is 0.0626. The first-order valence-electron chi connectivity index (χ1n) is 19.9. The van der Waals surface area contributed by atoms with Crippen LogP contribution < -0.4 is 0 Å². The van der Waals surface area contributed by atoms with Gasteiger partial charge < -0.3 is 4.57 Å². The van der Waals surface area contributed by atoms with E-state index in [0.717, 1.165) is 33.9 Å². The Morgan fingerprint density at radius 2 is 0.828 bits per heavy atom. The molecule has 0 unspecified atom stereocenters. The first-order chi connectivity index (χ1) is 28.4. The SMILES string of the molecule is CC(C)(C)c1ccc(-c2nc(-c3ccccc3)nn2-c2ccc(-c3ccccc3-c3ccccc3-c3ccc(-n4c5ccccc5c5ccccc54)cc3)cc2)cc1. The van der Waals surface area contributed by atoms with Gasteiger partial charge in [0.2, 0.25) is 0 Å². The van der Waals surface area contributed by atoms with Crippen molar-refractivity contribution in [3.05, 3.63) is 206 Å². The fourth-order valence-corrected chi connectivity index (χ4v) is 8.22. The highest BCUT2D eigenvalue weighted by molar-refractivity contribution is 6.09. The summed E-state index contributed by atoms with van der Waals surface area (Å²) < 4.78 is 4.34. The Morgan fingerprint density at radius 1 is 0.379 bits per heavy atom. The van der Waals surface area contributed by atoms with Gasteiger partial charge in [0.1, 0.15) is 0 Å². The van der Waals surface area contributed by atoms with Gasteiger partial charge in [-0.15, -0.1) is 5.10 Å². The molecule has 0 N–H and O–H groups in total. The van der Waals surface area contributed by atoms with Gasteiger partial charge in [0.25, 0.3) is 0 Å². The first kappa shape index (κ1) is 35.1. The Bertz CT molecular complexity index is 3000. The number of para-hydroxylation sites is 2. The van der Waals surface area contributed by atoms with Crippen LogP contribution in [-0.4, -0.2) is 19.3 Å². The topological polar surface area (TPSA) is 35.6 Å². The van der Waals surface area contributed by atoms with E-state index in [9.17, 15) is 0 Å². The molecule has 0 atom stereocenters. The highest BCUT2D eigenvalue weighted by atomic mass is 15.4. The maximum absolute atomic E-state index is 5.09. The average molecular weight is 747 g/mol. The van der Waals surface area contributed by atoms with Crippen molar-refractivity contribution in [2.75, 3.05) is 0 Å². The highest BCUT2D eigenvalue weighted by Gasteiger charge is 2.19. The van der Waals surface area contributed by atoms with Crippen LogP contribution in [0.2, 0.25) is 0 Å². The standard InChI is InChI=1S/C54H42N4/c1-54(2,3)41-31-25-40(26-32-41)53-55-52(39-15-5-4-6-16-39)56-58(53)43-35-29-38(30-36-43)45-18-8-10-20-47(45)46-19-9-7-17-44(46)37-27-33-42(34-28-37)57-50-23-13-11-21-48(50)49-22-12-14-24-51(49)57/h4-36H,1-3H3. The summed E-state index contributed by atoms with van der Waals surface area (Å²) in [5.74, 6) is 1.51. The molecular weight excluding hydrogens is 705 g/mol. The lowest BCUT2D eigenvalue weighted by atomic mass is 9.86. The summed E-state index contributed by atoms with van der Waals surface area (Å²) in [6.07, 6.45) is 0. The number of aromatic nitrogens is 4. The number of fused-ring (bicyclic) bond motifs is 3. The zero-order valence-corrected chi connectivity index (χ0v) is 32.8. The van der Waals surface area contributed by atoms with Crippen LogP contribution in [0.4, 0.5) is 0 Å². The second-order valence-corrected chi connectivity index (χ2v) is 15.9. The minimum Gasteiger partial charge on any atom is -0.309 e. The van der Waals surface area contributed by atoms with E-state index in [0.29, 0.717) is 5.82 Å². The molecule has 2 aromatic heterocycles. The highest BCUT2D eigenvalue weighted by Crippen LogP contribution is 2.40. The predicted molar refractivity (Wildman–Crippen MR) is 242 cm³/mol. The van der Waals surface area contributed by atoms with Gasteiger partial charge in [-0.25, -0.2) is 9.67 Å². The molecule has 0 spiro atoms. The molecular formula is C54H42N4. The lowest BCUT2D eigenvalue weighted by Crippen LogP contribution is -2.10. The monoisotopic (exact) mass is 746 g/mol. The molecule has 0 bridgehead atoms. The van der Waals surface area contributed by atoms with Crippen LogP contribution in [0.1, 0.15) is 26.3 Å². The predicted octanol–water partition coefficient (Wildman–Crippen LogP) is 14.0. The molecule has 4 heteroatoms. The number of nitrogens with zero attached hydrogens (tertiary/aromatic N) is 4. The summed E-state index contributed by atoms with van der Waals surface area (Å²) in [6, 6.07) is 71.4. The Kier molecular flexibility index (Phi) is 8.68. The van der Waals surface area contributed by atoms with Crippen molar-refractivity contribution in [3.8, 4) is 67.5 Å². The van der Waals surface area contributed by atoms with E-state index in [-0.39, 0.29) is 5.41 Å². The molecule has 0 amide bonds. The second-order valence-electron chi connectivity index (χ2n) is 15.9. The Labute approximate surface area is 339 Å². The third-order valence-electron chi connectivity index (χ3n) is 11.2. The molecule has 0 saturated carbocycles. The molecule has 0 saturated heterocycles. The fraction of sp³-hybridized carbons (Fsp3) is 0.0741. The summed E-state index contributed by atoms with van der Waals surface area (Å²) in [6.45, 7) is 6.71.